The van der Waals surface area contributed by atoms with Crippen LogP contribution >= 0.6 is 0 Å². The first-order valence-electron chi connectivity index (χ1n) is 10.1. The van der Waals surface area contributed by atoms with Gasteiger partial charge in [-0.25, -0.2) is 0 Å². The van der Waals surface area contributed by atoms with Crippen molar-refractivity contribution < 1.29 is 9.59 Å². The topological polar surface area (TPSA) is 64.7 Å². The van der Waals surface area contributed by atoms with Gasteiger partial charge in [-0.3, -0.25) is 19.4 Å². The Morgan fingerprint density at radius 1 is 1.00 bits per heavy atom. The Hall–Kier alpha value is -1.14. The fourth-order valence-electron chi connectivity index (χ4n) is 4.01. The summed E-state index contributed by atoms with van der Waals surface area (Å²) in [7, 11) is 0. The molecule has 0 bridgehead atoms. The Morgan fingerprint density at radius 3 is 2.32 bits per heavy atom. The Bertz CT molecular complexity index is 472. The first kappa shape index (κ1) is 18.6. The maximum absolute atomic E-state index is 12.3. The molecule has 1 heterocycles. The van der Waals surface area contributed by atoms with Crippen LogP contribution in [0.2, 0.25) is 0 Å². The number of amides is 2. The summed E-state index contributed by atoms with van der Waals surface area (Å²) in [4.78, 5) is 29.0. The molecule has 3 atom stereocenters. The summed E-state index contributed by atoms with van der Waals surface area (Å²) in [5.74, 6) is 0.909. The quantitative estimate of drug-likeness (QED) is 0.749. The smallest absolute Gasteiger partial charge is 0.237 e. The highest BCUT2D eigenvalue weighted by atomic mass is 16.2. The number of carbonyl (C=O) groups excluding carboxylic acids is 2. The molecule has 1 saturated heterocycles. The van der Waals surface area contributed by atoms with Crippen molar-refractivity contribution in [2.75, 3.05) is 32.7 Å². The summed E-state index contributed by atoms with van der Waals surface area (Å²) in [6.45, 7) is 8.14. The molecule has 3 aliphatic rings. The van der Waals surface area contributed by atoms with Crippen molar-refractivity contribution in [3.63, 3.8) is 0 Å². The van der Waals surface area contributed by atoms with Crippen LogP contribution in [0.25, 0.3) is 0 Å². The maximum atomic E-state index is 12.3. The molecule has 2 saturated carbocycles. The molecule has 1 aliphatic heterocycles. The van der Waals surface area contributed by atoms with Crippen LogP contribution in [0.3, 0.4) is 0 Å². The van der Waals surface area contributed by atoms with Crippen LogP contribution in [0, 0.1) is 5.92 Å². The van der Waals surface area contributed by atoms with Crippen molar-refractivity contribution in [3.05, 3.63) is 0 Å². The predicted molar refractivity (Wildman–Crippen MR) is 98.2 cm³/mol. The van der Waals surface area contributed by atoms with E-state index in [2.05, 4.69) is 27.4 Å². The molecular weight excluding hydrogens is 316 g/mol. The highest BCUT2D eigenvalue weighted by Gasteiger charge is 2.30. The van der Waals surface area contributed by atoms with Gasteiger partial charge < -0.3 is 10.6 Å². The van der Waals surface area contributed by atoms with Gasteiger partial charge in [0.2, 0.25) is 11.8 Å². The molecule has 2 amide bonds. The second-order valence-electron chi connectivity index (χ2n) is 8.21. The van der Waals surface area contributed by atoms with Crippen LogP contribution in [-0.2, 0) is 9.59 Å². The lowest BCUT2D eigenvalue weighted by Gasteiger charge is -2.37. The number of nitrogens with one attached hydrogen (secondary N) is 2. The standard InChI is InChI=1S/C19H34N4O2/c1-14-5-3-4-6-17(14)21-18(24)13-22-9-11-23(12-10-22)15(2)19(25)20-16-7-8-16/h14-17H,3-13H2,1-2H3,(H,20,25)(H,21,24). The zero-order valence-electron chi connectivity index (χ0n) is 15.8. The highest BCUT2D eigenvalue weighted by molar-refractivity contribution is 5.82. The van der Waals surface area contributed by atoms with Gasteiger partial charge in [0.25, 0.3) is 0 Å². The summed E-state index contributed by atoms with van der Waals surface area (Å²) < 4.78 is 0. The summed E-state index contributed by atoms with van der Waals surface area (Å²) in [6, 6.07) is 0.704. The Morgan fingerprint density at radius 2 is 1.68 bits per heavy atom. The molecule has 0 aromatic carbocycles. The van der Waals surface area contributed by atoms with Crippen molar-refractivity contribution in [1.29, 1.82) is 0 Å². The van der Waals surface area contributed by atoms with Gasteiger partial charge in [-0.15, -0.1) is 0 Å². The second-order valence-corrected chi connectivity index (χ2v) is 8.21. The van der Waals surface area contributed by atoms with E-state index in [-0.39, 0.29) is 17.9 Å². The van der Waals surface area contributed by atoms with Crippen LogP contribution in [0.4, 0.5) is 0 Å². The van der Waals surface area contributed by atoms with Gasteiger partial charge in [-0.2, -0.15) is 0 Å². The van der Waals surface area contributed by atoms with E-state index in [9.17, 15) is 9.59 Å². The minimum Gasteiger partial charge on any atom is -0.352 e. The van der Waals surface area contributed by atoms with E-state index in [1.807, 2.05) is 6.92 Å². The minimum atomic E-state index is -0.0698. The summed E-state index contributed by atoms with van der Waals surface area (Å²) in [5, 5.41) is 6.32. The number of rotatable bonds is 6. The van der Waals surface area contributed by atoms with Crippen molar-refractivity contribution in [2.45, 2.75) is 70.5 Å². The van der Waals surface area contributed by atoms with Gasteiger partial charge in [0.05, 0.1) is 12.6 Å². The summed E-state index contributed by atoms with van der Waals surface area (Å²) in [5.41, 5.74) is 0. The predicted octanol–water partition coefficient (Wildman–Crippen LogP) is 0.966. The zero-order chi connectivity index (χ0) is 17.8. The number of hydrogen-bond acceptors (Lipinski definition) is 4. The third kappa shape index (κ3) is 5.42. The van der Waals surface area contributed by atoms with E-state index < -0.39 is 0 Å². The summed E-state index contributed by atoms with van der Waals surface area (Å²) in [6.07, 6.45) is 7.12. The molecule has 3 fully saturated rings. The van der Waals surface area contributed by atoms with Gasteiger partial charge in [0.15, 0.2) is 0 Å². The number of nitrogens with zero attached hydrogens (tertiary/aromatic N) is 2. The van der Waals surface area contributed by atoms with Gasteiger partial charge in [0.1, 0.15) is 0 Å². The van der Waals surface area contributed by atoms with Crippen LogP contribution in [0.1, 0.15) is 52.4 Å². The zero-order valence-corrected chi connectivity index (χ0v) is 15.8. The SMILES string of the molecule is CC1CCCCC1NC(=O)CN1CCN(C(C)C(=O)NC2CC2)CC1. The van der Waals surface area contributed by atoms with Gasteiger partial charge >= 0.3 is 0 Å². The summed E-state index contributed by atoms with van der Waals surface area (Å²) >= 11 is 0. The fraction of sp³-hybridized carbons (Fsp3) is 0.895. The first-order chi connectivity index (χ1) is 12.0. The third-order valence-corrected chi connectivity index (χ3v) is 6.08. The lowest BCUT2D eigenvalue weighted by molar-refractivity contribution is -0.128. The van der Waals surface area contributed by atoms with E-state index in [0.717, 1.165) is 45.4 Å². The van der Waals surface area contributed by atoms with Crippen molar-refractivity contribution >= 4 is 11.8 Å². The molecule has 0 spiro atoms. The molecule has 3 rings (SSSR count). The van der Waals surface area contributed by atoms with E-state index in [1.165, 1.54) is 19.3 Å². The van der Waals surface area contributed by atoms with Gasteiger partial charge in [-0.1, -0.05) is 19.8 Å². The van der Waals surface area contributed by atoms with Crippen LogP contribution in [0.5, 0.6) is 0 Å². The van der Waals surface area contributed by atoms with Gasteiger partial charge in [-0.05, 0) is 38.5 Å². The monoisotopic (exact) mass is 350 g/mol. The van der Waals surface area contributed by atoms with Crippen LogP contribution < -0.4 is 10.6 Å². The van der Waals surface area contributed by atoms with Crippen molar-refractivity contribution in [3.8, 4) is 0 Å². The van der Waals surface area contributed by atoms with E-state index in [4.69, 9.17) is 0 Å². The average molecular weight is 351 g/mol. The number of carbonyl (C=O) groups is 2. The minimum absolute atomic E-state index is 0.0698. The molecule has 0 aromatic heterocycles. The van der Waals surface area contributed by atoms with E-state index >= 15 is 0 Å². The van der Waals surface area contributed by atoms with Crippen LogP contribution in [-0.4, -0.2) is 72.5 Å². The van der Waals surface area contributed by atoms with Crippen LogP contribution in [0.15, 0.2) is 0 Å². The first-order valence-corrected chi connectivity index (χ1v) is 10.1. The second kappa shape index (κ2) is 8.49. The van der Waals surface area contributed by atoms with E-state index in [1.54, 1.807) is 0 Å². The number of piperazine rings is 1. The average Bonchev–Trinajstić information content (AvgIpc) is 3.41. The third-order valence-electron chi connectivity index (χ3n) is 6.08. The normalized spacial score (nSPS) is 29.8. The Labute approximate surface area is 151 Å². The molecule has 3 unspecified atom stereocenters. The van der Waals surface area contributed by atoms with Crippen molar-refractivity contribution in [1.82, 2.24) is 20.4 Å². The molecule has 0 aromatic rings. The largest absolute Gasteiger partial charge is 0.352 e. The Balaban J connectivity index is 1.36. The molecule has 2 N–H and O–H groups in total. The molecule has 25 heavy (non-hydrogen) atoms. The van der Waals surface area contributed by atoms with Gasteiger partial charge in [0, 0.05) is 38.3 Å². The Kier molecular flexibility index (Phi) is 6.34. The molecule has 6 nitrogen and oxygen atoms in total. The molecule has 142 valence electrons. The molecular formula is C19H34N4O2. The molecule has 0 radical (unpaired) electrons. The lowest BCUT2D eigenvalue weighted by atomic mass is 9.86. The molecule has 2 aliphatic carbocycles. The van der Waals surface area contributed by atoms with E-state index in [0.29, 0.717) is 24.5 Å². The lowest BCUT2D eigenvalue weighted by Crippen LogP contribution is -2.55. The highest BCUT2D eigenvalue weighted by Crippen LogP contribution is 2.23. The fourth-order valence-corrected chi connectivity index (χ4v) is 4.01. The van der Waals surface area contributed by atoms with Crippen molar-refractivity contribution in [2.24, 2.45) is 5.92 Å². The maximum Gasteiger partial charge on any atom is 0.237 e. The number of hydrogen-bond donors (Lipinski definition) is 2. The molecule has 6 heteroatoms.